The zero-order chi connectivity index (χ0) is 36.3. The normalized spacial score (nSPS) is 11.6. The maximum absolute atomic E-state index is 2.42. The number of nitrogens with zero attached hydrogens (tertiary/aromatic N) is 1. The molecular formula is C52H33NS2. The van der Waals surface area contributed by atoms with Gasteiger partial charge >= 0.3 is 0 Å². The van der Waals surface area contributed by atoms with Gasteiger partial charge < -0.3 is 4.90 Å². The Morgan fingerprint density at radius 2 is 0.836 bits per heavy atom. The fourth-order valence-electron chi connectivity index (χ4n) is 8.16. The molecule has 2 heterocycles. The van der Waals surface area contributed by atoms with Crippen molar-refractivity contribution < 1.29 is 0 Å². The van der Waals surface area contributed by atoms with E-state index in [0.717, 1.165) is 17.1 Å². The quantitative estimate of drug-likeness (QED) is 0.164. The largest absolute Gasteiger partial charge is 0.310 e. The number of hydrogen-bond donors (Lipinski definition) is 0. The lowest BCUT2D eigenvalue weighted by Crippen LogP contribution is -2.10. The molecule has 0 aliphatic carbocycles. The second-order valence-corrected chi connectivity index (χ2v) is 16.3. The van der Waals surface area contributed by atoms with Gasteiger partial charge in [0.25, 0.3) is 0 Å². The Balaban J connectivity index is 1.04. The lowest BCUT2D eigenvalue weighted by atomic mass is 9.97. The van der Waals surface area contributed by atoms with Gasteiger partial charge in [0.2, 0.25) is 0 Å². The van der Waals surface area contributed by atoms with E-state index in [1.54, 1.807) is 0 Å². The van der Waals surface area contributed by atoms with Crippen molar-refractivity contribution in [3.8, 4) is 33.4 Å². The van der Waals surface area contributed by atoms with Crippen LogP contribution in [0.4, 0.5) is 17.1 Å². The number of rotatable bonds is 6. The van der Waals surface area contributed by atoms with Crippen molar-refractivity contribution in [2.45, 2.75) is 0 Å². The van der Waals surface area contributed by atoms with Crippen LogP contribution in [0.25, 0.3) is 84.5 Å². The highest BCUT2D eigenvalue weighted by molar-refractivity contribution is 7.26. The lowest BCUT2D eigenvalue weighted by molar-refractivity contribution is 1.29. The molecule has 11 aromatic rings. The SMILES string of the molecule is c1cc(-c2cccc(N(c3cccc(-c4ccc5ccccc5c4)c3)c3ccc4c(c3)sc3ccccc34)c2)cc(-c2cccc3c2sc2ccccc23)c1. The van der Waals surface area contributed by atoms with Crippen molar-refractivity contribution in [1.82, 2.24) is 0 Å². The smallest absolute Gasteiger partial charge is 0.0476 e. The van der Waals surface area contributed by atoms with Gasteiger partial charge in [0.05, 0.1) is 0 Å². The monoisotopic (exact) mass is 735 g/mol. The van der Waals surface area contributed by atoms with Gasteiger partial charge in [-0.2, -0.15) is 0 Å². The average molecular weight is 736 g/mol. The summed E-state index contributed by atoms with van der Waals surface area (Å²) in [4.78, 5) is 2.42. The topological polar surface area (TPSA) is 3.24 Å². The molecule has 3 heteroatoms. The van der Waals surface area contributed by atoms with Crippen molar-refractivity contribution >= 4 is 90.9 Å². The fraction of sp³-hybridized carbons (Fsp3) is 0. The molecule has 0 aliphatic heterocycles. The predicted molar refractivity (Wildman–Crippen MR) is 241 cm³/mol. The molecule has 0 saturated heterocycles. The van der Waals surface area contributed by atoms with Crippen LogP contribution < -0.4 is 4.90 Å². The van der Waals surface area contributed by atoms with E-state index in [1.807, 2.05) is 22.7 Å². The summed E-state index contributed by atoms with van der Waals surface area (Å²) in [6.07, 6.45) is 0. The molecule has 0 amide bonds. The first-order chi connectivity index (χ1) is 27.2. The number of anilines is 3. The van der Waals surface area contributed by atoms with Crippen LogP contribution in [-0.2, 0) is 0 Å². The van der Waals surface area contributed by atoms with Crippen molar-refractivity contribution in [2.24, 2.45) is 0 Å². The van der Waals surface area contributed by atoms with Gasteiger partial charge in [-0.05, 0) is 105 Å². The minimum absolute atomic E-state index is 1.12. The van der Waals surface area contributed by atoms with Crippen molar-refractivity contribution in [3.05, 3.63) is 200 Å². The molecule has 0 fully saturated rings. The highest BCUT2D eigenvalue weighted by Gasteiger charge is 2.17. The zero-order valence-corrected chi connectivity index (χ0v) is 31.4. The highest BCUT2D eigenvalue weighted by Crippen LogP contribution is 2.44. The summed E-state index contributed by atoms with van der Waals surface area (Å²) >= 11 is 3.74. The minimum Gasteiger partial charge on any atom is -0.310 e. The Morgan fingerprint density at radius 3 is 1.62 bits per heavy atom. The molecule has 9 aromatic carbocycles. The summed E-state index contributed by atoms with van der Waals surface area (Å²) in [5.74, 6) is 0. The lowest BCUT2D eigenvalue weighted by Gasteiger charge is -2.27. The summed E-state index contributed by atoms with van der Waals surface area (Å²) < 4.78 is 5.26. The van der Waals surface area contributed by atoms with Crippen LogP contribution in [0.1, 0.15) is 0 Å². The molecule has 258 valence electrons. The van der Waals surface area contributed by atoms with Gasteiger partial charge in [0, 0.05) is 57.4 Å². The van der Waals surface area contributed by atoms with Gasteiger partial charge in [-0.15, -0.1) is 22.7 Å². The van der Waals surface area contributed by atoms with Crippen LogP contribution in [0.5, 0.6) is 0 Å². The third kappa shape index (κ3) is 5.60. The molecule has 0 bridgehead atoms. The van der Waals surface area contributed by atoms with Crippen molar-refractivity contribution in [2.75, 3.05) is 4.90 Å². The second kappa shape index (κ2) is 13.1. The first kappa shape index (κ1) is 32.0. The van der Waals surface area contributed by atoms with Crippen LogP contribution >= 0.6 is 22.7 Å². The van der Waals surface area contributed by atoms with Crippen LogP contribution in [0.2, 0.25) is 0 Å². The third-order valence-corrected chi connectivity index (χ3v) is 13.2. The maximum Gasteiger partial charge on any atom is 0.0476 e. The van der Waals surface area contributed by atoms with E-state index in [-0.39, 0.29) is 0 Å². The van der Waals surface area contributed by atoms with E-state index in [9.17, 15) is 0 Å². The Kier molecular flexibility index (Phi) is 7.61. The van der Waals surface area contributed by atoms with Gasteiger partial charge in [-0.3, -0.25) is 0 Å². The van der Waals surface area contributed by atoms with Crippen LogP contribution in [0, 0.1) is 0 Å². The van der Waals surface area contributed by atoms with Crippen LogP contribution in [-0.4, -0.2) is 0 Å². The Hall–Kier alpha value is -6.52. The number of benzene rings is 9. The first-order valence-electron chi connectivity index (χ1n) is 18.7. The fourth-order valence-corrected chi connectivity index (χ4v) is 10.5. The Labute approximate surface area is 327 Å². The summed E-state index contributed by atoms with van der Waals surface area (Å²) in [5, 5.41) is 7.76. The van der Waals surface area contributed by atoms with Crippen LogP contribution in [0.3, 0.4) is 0 Å². The van der Waals surface area contributed by atoms with E-state index < -0.39 is 0 Å². The van der Waals surface area contributed by atoms with Gasteiger partial charge in [0.15, 0.2) is 0 Å². The van der Waals surface area contributed by atoms with E-state index in [0.29, 0.717) is 0 Å². The number of hydrogen-bond acceptors (Lipinski definition) is 3. The third-order valence-electron chi connectivity index (χ3n) is 10.8. The molecule has 11 rings (SSSR count). The molecular weight excluding hydrogens is 703 g/mol. The highest BCUT2D eigenvalue weighted by atomic mass is 32.1. The average Bonchev–Trinajstić information content (AvgIpc) is 3.82. The van der Waals surface area contributed by atoms with E-state index in [2.05, 4.69) is 205 Å². The number of fused-ring (bicyclic) bond motifs is 7. The van der Waals surface area contributed by atoms with E-state index >= 15 is 0 Å². The van der Waals surface area contributed by atoms with E-state index in [1.165, 1.54) is 84.5 Å². The van der Waals surface area contributed by atoms with Crippen molar-refractivity contribution in [3.63, 3.8) is 0 Å². The van der Waals surface area contributed by atoms with Gasteiger partial charge in [-0.1, -0.05) is 140 Å². The standard InChI is InChI=1S/C52H33NS2/c1-2-12-35-29-39(26-25-34(35)11-1)38-15-9-18-42(32-38)53(43-27-28-47-45-19-3-5-23-49(45)54-51(47)33-43)41-17-8-14-37(31-41)36-13-7-16-40(30-36)44-21-10-22-48-46-20-4-6-24-50(46)55-52(44)48/h1-33H. The summed E-state index contributed by atoms with van der Waals surface area (Å²) in [5.41, 5.74) is 10.7. The molecule has 0 N–H and O–H groups in total. The Bertz CT molecular complexity index is 3240. The molecule has 0 radical (unpaired) electrons. The van der Waals surface area contributed by atoms with Crippen molar-refractivity contribution in [1.29, 1.82) is 0 Å². The van der Waals surface area contributed by atoms with Crippen LogP contribution in [0.15, 0.2) is 200 Å². The molecule has 0 unspecified atom stereocenters. The summed E-state index contributed by atoms with van der Waals surface area (Å²) in [7, 11) is 0. The summed E-state index contributed by atoms with van der Waals surface area (Å²) in [6.45, 7) is 0. The second-order valence-electron chi connectivity index (χ2n) is 14.1. The molecule has 0 saturated carbocycles. The Morgan fingerprint density at radius 1 is 0.291 bits per heavy atom. The van der Waals surface area contributed by atoms with Gasteiger partial charge in [0.1, 0.15) is 0 Å². The molecule has 0 atom stereocenters. The molecule has 0 spiro atoms. The summed E-state index contributed by atoms with van der Waals surface area (Å²) in [6, 6.07) is 73.5. The molecule has 55 heavy (non-hydrogen) atoms. The maximum atomic E-state index is 2.42. The molecule has 1 nitrogen and oxygen atoms in total. The number of thiophene rings is 2. The predicted octanol–water partition coefficient (Wildman–Crippen LogP) is 16.0. The van der Waals surface area contributed by atoms with E-state index in [4.69, 9.17) is 0 Å². The minimum atomic E-state index is 1.12. The zero-order valence-electron chi connectivity index (χ0n) is 29.8. The molecule has 2 aromatic heterocycles. The molecule has 0 aliphatic rings. The first-order valence-corrected chi connectivity index (χ1v) is 20.3. The van der Waals surface area contributed by atoms with Gasteiger partial charge in [-0.25, -0.2) is 0 Å².